The largest absolute Gasteiger partial charge is 0.507 e. The molecule has 0 aromatic heterocycles. The van der Waals surface area contributed by atoms with Gasteiger partial charge in [-0.2, -0.15) is 0 Å². The fourth-order valence-electron chi connectivity index (χ4n) is 3.30. The number of allylic oxidation sites excluding steroid dienone is 1. The van der Waals surface area contributed by atoms with Crippen molar-refractivity contribution in [2.24, 2.45) is 0 Å². The van der Waals surface area contributed by atoms with Crippen LogP contribution in [0, 0.1) is 0 Å². The lowest BCUT2D eigenvalue weighted by Crippen LogP contribution is -3.10. The van der Waals surface area contributed by atoms with Crippen molar-refractivity contribution in [3.05, 3.63) is 52.8 Å². The number of ketones is 1. The van der Waals surface area contributed by atoms with Crippen molar-refractivity contribution in [1.29, 1.82) is 0 Å². The van der Waals surface area contributed by atoms with Gasteiger partial charge in [0.25, 0.3) is 0 Å². The summed E-state index contributed by atoms with van der Waals surface area (Å²) in [4.78, 5) is 14.2. The molecular weight excluding hydrogens is 358 g/mol. The molecular formula is C22H26NO5+. The molecule has 0 bridgehead atoms. The molecule has 148 valence electrons. The van der Waals surface area contributed by atoms with E-state index in [1.165, 1.54) is 4.90 Å². The Morgan fingerprint density at radius 2 is 1.86 bits per heavy atom. The third kappa shape index (κ3) is 3.68. The number of phenolic OH excluding ortho intramolecular Hbond substituents is 1. The predicted molar refractivity (Wildman–Crippen MR) is 106 cm³/mol. The molecule has 0 saturated heterocycles. The number of rotatable bonds is 7. The lowest BCUT2D eigenvalue weighted by atomic mass is 10.0. The molecule has 2 aromatic carbocycles. The highest BCUT2D eigenvalue weighted by atomic mass is 16.5. The summed E-state index contributed by atoms with van der Waals surface area (Å²) in [5, 5.41) is 10.4. The third-order valence-corrected chi connectivity index (χ3v) is 5.07. The normalized spacial score (nSPS) is 14.3. The summed E-state index contributed by atoms with van der Waals surface area (Å²) in [5.74, 6) is 1.84. The summed E-state index contributed by atoms with van der Waals surface area (Å²) < 4.78 is 16.5. The van der Waals surface area contributed by atoms with E-state index in [1.54, 1.807) is 44.6 Å². The number of Topliss-reactive ketones (excluding diaryl/α,β-unsaturated/α-hetero) is 1. The molecule has 0 amide bonds. The monoisotopic (exact) mass is 384 g/mol. The fraction of sp³-hybridized carbons (Fsp3) is 0.318. The SMILES string of the molecule is CC[NH+](CC)Cc1c(O)ccc2c1OC(=Cc1ccc(OC)cc1OC)C2=O. The molecule has 0 spiro atoms. The topological polar surface area (TPSA) is 69.4 Å². The number of methoxy groups -OCH3 is 2. The van der Waals surface area contributed by atoms with Gasteiger partial charge in [-0.05, 0) is 44.2 Å². The van der Waals surface area contributed by atoms with E-state index in [1.807, 2.05) is 6.07 Å². The van der Waals surface area contributed by atoms with Gasteiger partial charge in [0, 0.05) is 11.6 Å². The third-order valence-electron chi connectivity index (χ3n) is 5.07. The number of aromatic hydroxyl groups is 1. The summed E-state index contributed by atoms with van der Waals surface area (Å²) in [7, 11) is 3.14. The average Bonchev–Trinajstić information content (AvgIpc) is 3.03. The number of benzene rings is 2. The molecule has 28 heavy (non-hydrogen) atoms. The van der Waals surface area contributed by atoms with E-state index < -0.39 is 0 Å². The Morgan fingerprint density at radius 1 is 1.11 bits per heavy atom. The van der Waals surface area contributed by atoms with Crippen molar-refractivity contribution in [3.63, 3.8) is 0 Å². The van der Waals surface area contributed by atoms with E-state index in [0.717, 1.165) is 13.1 Å². The molecule has 0 saturated carbocycles. The summed E-state index contributed by atoms with van der Waals surface area (Å²) in [6.45, 7) is 6.60. The van der Waals surface area contributed by atoms with Gasteiger partial charge in [-0.25, -0.2) is 0 Å². The van der Waals surface area contributed by atoms with E-state index in [0.29, 0.717) is 40.5 Å². The molecule has 6 nitrogen and oxygen atoms in total. The fourth-order valence-corrected chi connectivity index (χ4v) is 3.30. The first kappa shape index (κ1) is 19.8. The van der Waals surface area contributed by atoms with Gasteiger partial charge >= 0.3 is 0 Å². The van der Waals surface area contributed by atoms with Crippen molar-refractivity contribution in [2.45, 2.75) is 20.4 Å². The zero-order chi connectivity index (χ0) is 20.3. The maximum atomic E-state index is 12.9. The van der Waals surface area contributed by atoms with Gasteiger partial charge in [0.15, 0.2) is 11.5 Å². The van der Waals surface area contributed by atoms with Crippen LogP contribution < -0.4 is 19.1 Å². The van der Waals surface area contributed by atoms with Crippen LogP contribution in [-0.4, -0.2) is 38.2 Å². The Balaban J connectivity index is 1.99. The molecule has 0 atom stereocenters. The number of ether oxygens (including phenoxy) is 3. The summed E-state index contributed by atoms with van der Waals surface area (Å²) in [6.07, 6.45) is 1.66. The highest BCUT2D eigenvalue weighted by molar-refractivity contribution is 6.15. The maximum Gasteiger partial charge on any atom is 0.231 e. The number of phenols is 1. The summed E-state index contributed by atoms with van der Waals surface area (Å²) >= 11 is 0. The van der Waals surface area contributed by atoms with Crippen LogP contribution in [0.1, 0.15) is 35.3 Å². The Morgan fingerprint density at radius 3 is 2.50 bits per heavy atom. The number of nitrogens with one attached hydrogen (secondary N) is 1. The number of fused-ring (bicyclic) bond motifs is 1. The van der Waals surface area contributed by atoms with Crippen molar-refractivity contribution < 1.29 is 29.0 Å². The molecule has 1 aliphatic rings. The van der Waals surface area contributed by atoms with E-state index in [-0.39, 0.29) is 17.3 Å². The Labute approximate surface area is 164 Å². The zero-order valence-corrected chi connectivity index (χ0v) is 16.7. The van der Waals surface area contributed by atoms with Crippen LogP contribution in [0.4, 0.5) is 0 Å². The van der Waals surface area contributed by atoms with Gasteiger partial charge < -0.3 is 24.2 Å². The van der Waals surface area contributed by atoms with Crippen LogP contribution in [0.25, 0.3) is 6.08 Å². The van der Waals surface area contributed by atoms with Crippen LogP contribution >= 0.6 is 0 Å². The van der Waals surface area contributed by atoms with Crippen molar-refractivity contribution in [1.82, 2.24) is 0 Å². The van der Waals surface area contributed by atoms with Gasteiger partial charge in [-0.3, -0.25) is 4.79 Å². The molecule has 2 N–H and O–H groups in total. The minimum absolute atomic E-state index is 0.147. The highest BCUT2D eigenvalue weighted by Gasteiger charge is 2.32. The van der Waals surface area contributed by atoms with Crippen LogP contribution in [0.3, 0.4) is 0 Å². The highest BCUT2D eigenvalue weighted by Crippen LogP contribution is 2.39. The van der Waals surface area contributed by atoms with Crippen LogP contribution in [0.5, 0.6) is 23.0 Å². The zero-order valence-electron chi connectivity index (χ0n) is 16.7. The smallest absolute Gasteiger partial charge is 0.231 e. The number of carbonyl (C=O) groups excluding carboxylic acids is 1. The van der Waals surface area contributed by atoms with Gasteiger partial charge in [-0.1, -0.05) is 0 Å². The van der Waals surface area contributed by atoms with Crippen molar-refractivity contribution in [2.75, 3.05) is 27.3 Å². The molecule has 2 aromatic rings. The number of hydrogen-bond donors (Lipinski definition) is 2. The van der Waals surface area contributed by atoms with Crippen LogP contribution in [0.2, 0.25) is 0 Å². The summed E-state index contributed by atoms with van der Waals surface area (Å²) in [6, 6.07) is 8.53. The number of hydrogen-bond acceptors (Lipinski definition) is 5. The standard InChI is InChI=1S/C22H25NO5/c1-5-23(6-2)13-17-18(24)10-9-16-21(25)20(28-22(16)17)11-14-7-8-15(26-3)12-19(14)27-4/h7-12,24H,5-6,13H2,1-4H3/p+1. The molecule has 1 aliphatic heterocycles. The first-order valence-electron chi connectivity index (χ1n) is 9.37. The lowest BCUT2D eigenvalue weighted by molar-refractivity contribution is -0.910. The molecule has 0 radical (unpaired) electrons. The lowest BCUT2D eigenvalue weighted by Gasteiger charge is -2.17. The molecule has 3 rings (SSSR count). The van der Waals surface area contributed by atoms with E-state index >= 15 is 0 Å². The second-order valence-electron chi connectivity index (χ2n) is 6.62. The minimum atomic E-state index is -0.205. The molecule has 0 fully saturated rings. The average molecular weight is 384 g/mol. The van der Waals surface area contributed by atoms with Gasteiger partial charge in [0.2, 0.25) is 5.78 Å². The second kappa shape index (κ2) is 8.35. The Bertz CT molecular complexity index is 915. The van der Waals surface area contributed by atoms with Gasteiger partial charge in [0.05, 0.1) is 38.4 Å². The first-order valence-corrected chi connectivity index (χ1v) is 9.37. The predicted octanol–water partition coefficient (Wildman–Crippen LogP) is 2.45. The molecule has 6 heteroatoms. The van der Waals surface area contributed by atoms with E-state index in [4.69, 9.17) is 14.2 Å². The number of carbonyl (C=O) groups is 1. The minimum Gasteiger partial charge on any atom is -0.507 e. The first-order chi connectivity index (χ1) is 13.5. The maximum absolute atomic E-state index is 12.9. The van der Waals surface area contributed by atoms with E-state index in [9.17, 15) is 9.90 Å². The Hall–Kier alpha value is -2.99. The second-order valence-corrected chi connectivity index (χ2v) is 6.62. The van der Waals surface area contributed by atoms with Gasteiger partial charge in [0.1, 0.15) is 23.8 Å². The van der Waals surface area contributed by atoms with Gasteiger partial charge in [-0.15, -0.1) is 0 Å². The van der Waals surface area contributed by atoms with E-state index in [2.05, 4.69) is 13.8 Å². The van der Waals surface area contributed by atoms with Crippen LogP contribution in [0.15, 0.2) is 36.1 Å². The van der Waals surface area contributed by atoms with Crippen molar-refractivity contribution >= 4 is 11.9 Å². The van der Waals surface area contributed by atoms with Crippen LogP contribution in [-0.2, 0) is 6.54 Å². The Kier molecular flexibility index (Phi) is 5.90. The quantitative estimate of drug-likeness (QED) is 0.718. The molecule has 0 aliphatic carbocycles. The molecule has 1 heterocycles. The molecule has 0 unspecified atom stereocenters. The van der Waals surface area contributed by atoms with Crippen molar-refractivity contribution in [3.8, 4) is 23.0 Å². The summed E-state index contributed by atoms with van der Waals surface area (Å²) in [5.41, 5.74) is 1.84. The number of quaternary nitrogens is 1.